The first-order chi connectivity index (χ1) is 13.3. The van der Waals surface area contributed by atoms with Crippen molar-refractivity contribution >= 4 is 46.2 Å². The SMILES string of the molecule is O=C(NN=Cc1c[nH]c2ccccc12)C(=O)Nc1ccc(Cl)c(C(F)(F)F)c1. The van der Waals surface area contributed by atoms with Crippen molar-refractivity contribution in [2.24, 2.45) is 5.10 Å². The van der Waals surface area contributed by atoms with Gasteiger partial charge in [0.25, 0.3) is 0 Å². The van der Waals surface area contributed by atoms with Crippen LogP contribution in [0.25, 0.3) is 10.9 Å². The molecule has 0 saturated carbocycles. The Bertz CT molecular complexity index is 1080. The van der Waals surface area contributed by atoms with Gasteiger partial charge in [0.15, 0.2) is 0 Å². The molecule has 10 heteroatoms. The van der Waals surface area contributed by atoms with E-state index in [1.54, 1.807) is 6.20 Å². The Morgan fingerprint density at radius 2 is 1.86 bits per heavy atom. The smallest absolute Gasteiger partial charge is 0.361 e. The van der Waals surface area contributed by atoms with Crippen molar-refractivity contribution in [2.75, 3.05) is 5.32 Å². The second-order valence-corrected chi connectivity index (χ2v) is 6.04. The number of anilines is 1. The number of rotatable bonds is 3. The lowest BCUT2D eigenvalue weighted by atomic mass is 10.2. The van der Waals surface area contributed by atoms with Gasteiger partial charge in [0, 0.05) is 28.4 Å². The lowest BCUT2D eigenvalue weighted by Crippen LogP contribution is -2.32. The predicted molar refractivity (Wildman–Crippen MR) is 99.1 cm³/mol. The van der Waals surface area contributed by atoms with Gasteiger partial charge in [0.05, 0.1) is 16.8 Å². The number of nitrogens with one attached hydrogen (secondary N) is 3. The number of aromatic nitrogens is 1. The first-order valence-electron chi connectivity index (χ1n) is 7.83. The molecule has 3 aromatic rings. The van der Waals surface area contributed by atoms with Crippen molar-refractivity contribution in [1.29, 1.82) is 0 Å². The molecule has 2 aromatic carbocycles. The van der Waals surface area contributed by atoms with Gasteiger partial charge in [0.2, 0.25) is 0 Å². The number of hydrazone groups is 1. The molecule has 2 amide bonds. The molecule has 1 aromatic heterocycles. The van der Waals surface area contributed by atoms with Gasteiger partial charge in [-0.3, -0.25) is 9.59 Å². The van der Waals surface area contributed by atoms with Crippen molar-refractivity contribution < 1.29 is 22.8 Å². The molecule has 0 aliphatic carbocycles. The highest BCUT2D eigenvalue weighted by Gasteiger charge is 2.33. The van der Waals surface area contributed by atoms with Crippen LogP contribution in [0, 0.1) is 0 Å². The van der Waals surface area contributed by atoms with Crippen molar-refractivity contribution in [3.05, 3.63) is 64.8 Å². The van der Waals surface area contributed by atoms with Crippen molar-refractivity contribution in [1.82, 2.24) is 10.4 Å². The van der Waals surface area contributed by atoms with Crippen LogP contribution in [0.15, 0.2) is 53.8 Å². The van der Waals surface area contributed by atoms with Crippen LogP contribution in [0.2, 0.25) is 5.02 Å². The molecule has 0 spiro atoms. The third-order valence-electron chi connectivity index (χ3n) is 3.73. The fourth-order valence-corrected chi connectivity index (χ4v) is 2.64. The number of para-hydroxylation sites is 1. The third kappa shape index (κ3) is 4.32. The van der Waals surface area contributed by atoms with Crippen LogP contribution in [0.1, 0.15) is 11.1 Å². The number of halogens is 4. The maximum Gasteiger partial charge on any atom is 0.417 e. The summed E-state index contributed by atoms with van der Waals surface area (Å²) in [4.78, 5) is 26.7. The summed E-state index contributed by atoms with van der Waals surface area (Å²) in [5.41, 5.74) is 2.23. The Kier molecular flexibility index (Phi) is 5.36. The van der Waals surface area contributed by atoms with Gasteiger partial charge < -0.3 is 10.3 Å². The zero-order valence-corrected chi connectivity index (χ0v) is 14.7. The van der Waals surface area contributed by atoms with E-state index in [4.69, 9.17) is 11.6 Å². The van der Waals surface area contributed by atoms with Gasteiger partial charge in [0.1, 0.15) is 0 Å². The molecule has 0 fully saturated rings. The van der Waals surface area contributed by atoms with E-state index >= 15 is 0 Å². The minimum Gasteiger partial charge on any atom is -0.361 e. The van der Waals surface area contributed by atoms with Gasteiger partial charge in [-0.15, -0.1) is 0 Å². The molecule has 0 aliphatic rings. The van der Waals surface area contributed by atoms with E-state index in [9.17, 15) is 22.8 Å². The summed E-state index contributed by atoms with van der Waals surface area (Å²) in [5, 5.41) is 6.11. The number of hydrogen-bond donors (Lipinski definition) is 3. The van der Waals surface area contributed by atoms with Crippen LogP contribution in [0.3, 0.4) is 0 Å². The van der Waals surface area contributed by atoms with Gasteiger partial charge in [-0.25, -0.2) is 5.43 Å². The summed E-state index contributed by atoms with van der Waals surface area (Å²) in [6, 6.07) is 10.2. The standard InChI is InChI=1S/C18H12ClF3N4O2/c19-14-6-5-11(7-13(14)18(20,21)22)25-16(27)17(28)26-24-9-10-8-23-15-4-2-1-3-12(10)15/h1-9,23H,(H,25,27)(H,26,28). The third-order valence-corrected chi connectivity index (χ3v) is 4.06. The molecule has 3 rings (SSSR count). The number of fused-ring (bicyclic) bond motifs is 1. The number of hydrogen-bond acceptors (Lipinski definition) is 3. The van der Waals surface area contributed by atoms with Gasteiger partial charge >= 0.3 is 18.0 Å². The van der Waals surface area contributed by atoms with E-state index in [-0.39, 0.29) is 5.69 Å². The van der Waals surface area contributed by atoms with Crippen molar-refractivity contribution in [3.63, 3.8) is 0 Å². The molecule has 3 N–H and O–H groups in total. The van der Waals surface area contributed by atoms with Crippen molar-refractivity contribution in [3.8, 4) is 0 Å². The molecule has 0 unspecified atom stereocenters. The molecule has 0 radical (unpaired) electrons. The van der Waals surface area contributed by atoms with E-state index in [2.05, 4.69) is 15.4 Å². The fourth-order valence-electron chi connectivity index (χ4n) is 2.42. The lowest BCUT2D eigenvalue weighted by Gasteiger charge is -2.11. The Morgan fingerprint density at radius 3 is 2.61 bits per heavy atom. The normalized spacial score (nSPS) is 11.7. The minimum atomic E-state index is -4.69. The number of benzene rings is 2. The number of carbonyl (C=O) groups excluding carboxylic acids is 2. The van der Waals surface area contributed by atoms with Crippen LogP contribution in [-0.4, -0.2) is 23.0 Å². The number of alkyl halides is 3. The topological polar surface area (TPSA) is 86.3 Å². The summed E-state index contributed by atoms with van der Waals surface area (Å²) >= 11 is 5.51. The molecule has 6 nitrogen and oxygen atoms in total. The number of aromatic amines is 1. The number of amides is 2. The molecular formula is C18H12ClF3N4O2. The highest BCUT2D eigenvalue weighted by molar-refractivity contribution is 6.39. The lowest BCUT2D eigenvalue weighted by molar-refractivity contribution is -0.137. The summed E-state index contributed by atoms with van der Waals surface area (Å²) < 4.78 is 38.5. The highest BCUT2D eigenvalue weighted by atomic mass is 35.5. The van der Waals surface area contributed by atoms with Crippen LogP contribution in [0.5, 0.6) is 0 Å². The monoisotopic (exact) mass is 408 g/mol. The zero-order chi connectivity index (χ0) is 20.3. The summed E-state index contributed by atoms with van der Waals surface area (Å²) in [6.07, 6.45) is -1.68. The largest absolute Gasteiger partial charge is 0.417 e. The van der Waals surface area contributed by atoms with Crippen LogP contribution >= 0.6 is 11.6 Å². The fraction of sp³-hybridized carbons (Fsp3) is 0.0556. The maximum atomic E-state index is 12.8. The first kappa shape index (κ1) is 19.4. The molecule has 0 saturated heterocycles. The first-order valence-corrected chi connectivity index (χ1v) is 8.21. The van der Waals surface area contributed by atoms with E-state index in [1.807, 2.05) is 29.7 Å². The molecule has 28 heavy (non-hydrogen) atoms. The van der Waals surface area contributed by atoms with E-state index in [0.29, 0.717) is 11.6 Å². The van der Waals surface area contributed by atoms with Crippen LogP contribution in [-0.2, 0) is 15.8 Å². The second kappa shape index (κ2) is 7.73. The molecule has 1 heterocycles. The van der Waals surface area contributed by atoms with Gasteiger partial charge in [-0.05, 0) is 24.3 Å². The second-order valence-electron chi connectivity index (χ2n) is 5.64. The summed E-state index contributed by atoms with van der Waals surface area (Å²) in [7, 11) is 0. The number of nitrogens with zero attached hydrogens (tertiary/aromatic N) is 1. The molecular weight excluding hydrogens is 397 g/mol. The molecule has 144 valence electrons. The van der Waals surface area contributed by atoms with Crippen LogP contribution in [0.4, 0.5) is 18.9 Å². The Labute approximate surface area is 161 Å². The Balaban J connectivity index is 1.64. The molecule has 0 aliphatic heterocycles. The Hall–Kier alpha value is -3.33. The van der Waals surface area contributed by atoms with Gasteiger partial charge in [-0.2, -0.15) is 18.3 Å². The number of H-pyrrole nitrogens is 1. The average molecular weight is 409 g/mol. The quantitative estimate of drug-likeness (QED) is 0.348. The molecule has 0 atom stereocenters. The predicted octanol–water partition coefficient (Wildman–Crippen LogP) is 3.93. The van der Waals surface area contributed by atoms with E-state index in [1.165, 1.54) is 6.21 Å². The van der Waals surface area contributed by atoms with Crippen molar-refractivity contribution in [2.45, 2.75) is 6.18 Å². The van der Waals surface area contributed by atoms with Gasteiger partial charge in [-0.1, -0.05) is 29.8 Å². The van der Waals surface area contributed by atoms with E-state index in [0.717, 1.165) is 23.0 Å². The maximum absolute atomic E-state index is 12.8. The van der Waals surface area contributed by atoms with Crippen LogP contribution < -0.4 is 10.7 Å². The molecule has 0 bridgehead atoms. The highest BCUT2D eigenvalue weighted by Crippen LogP contribution is 2.36. The Morgan fingerprint density at radius 1 is 1.11 bits per heavy atom. The van der Waals surface area contributed by atoms with E-state index < -0.39 is 28.6 Å². The minimum absolute atomic E-state index is 0.225. The number of carbonyl (C=O) groups is 2. The summed E-state index contributed by atoms with van der Waals surface area (Å²) in [6.45, 7) is 0. The summed E-state index contributed by atoms with van der Waals surface area (Å²) in [5.74, 6) is -2.31. The average Bonchev–Trinajstić information content (AvgIpc) is 3.05. The zero-order valence-electron chi connectivity index (χ0n) is 14.0.